The molecule has 0 N–H and O–H groups in total. The van der Waals surface area contributed by atoms with Crippen LogP contribution in [0.3, 0.4) is 0 Å². The Balaban J connectivity index is 0.00000228. The van der Waals surface area contributed by atoms with E-state index in [4.69, 9.17) is 0 Å². The average molecular weight is 597 g/mol. The fraction of sp³-hybridized carbons (Fsp3) is 0.286. The molecule has 0 aliphatic heterocycles. The number of hydrogen-bond donors (Lipinski definition) is 0. The maximum Gasteiger partial charge on any atom is 2.00 e. The van der Waals surface area contributed by atoms with Gasteiger partial charge in [0.15, 0.2) is 0 Å². The molecule has 0 atom stereocenters. The summed E-state index contributed by atoms with van der Waals surface area (Å²) in [5.74, 6) is 0. The molecule has 0 aromatic carbocycles. The molecule has 9 heteroatoms. The SMILES string of the molecule is C.[64Zn+2].[64Zn+2].[O-]C(CN(Cc1ccccn1)Cc1ccccn1)CN(Cc1ccccn1)Cc1ccccn1. The summed E-state index contributed by atoms with van der Waals surface area (Å²) in [6.45, 7) is 3.14. The molecule has 0 saturated carbocycles. The summed E-state index contributed by atoms with van der Waals surface area (Å²) in [6, 6.07) is 23.4. The molecule has 0 bridgehead atoms. The van der Waals surface area contributed by atoms with Crippen LogP contribution in [0.15, 0.2) is 97.6 Å². The minimum Gasteiger partial charge on any atom is -0.850 e. The van der Waals surface area contributed by atoms with Crippen LogP contribution in [0.5, 0.6) is 0 Å². The molecular weight excluding hydrogens is 564 g/mol. The minimum absolute atomic E-state index is 0. The molecule has 0 amide bonds. The topological polar surface area (TPSA) is 81.1 Å². The molecule has 0 saturated heterocycles. The van der Waals surface area contributed by atoms with Gasteiger partial charge in [0, 0.05) is 51.0 Å². The van der Waals surface area contributed by atoms with Crippen LogP contribution in [-0.2, 0) is 65.1 Å². The Labute approximate surface area is 245 Å². The van der Waals surface area contributed by atoms with Crippen LogP contribution in [0.25, 0.3) is 0 Å². The number of nitrogens with zero attached hydrogens (tertiary/aromatic N) is 6. The van der Waals surface area contributed by atoms with E-state index in [0.29, 0.717) is 39.3 Å². The maximum absolute atomic E-state index is 13.3. The maximum atomic E-state index is 13.3. The first kappa shape index (κ1) is 32.8. The van der Waals surface area contributed by atoms with Gasteiger partial charge in [0.1, 0.15) is 0 Å². The first-order valence-corrected chi connectivity index (χ1v) is 11.4. The third-order valence-electron chi connectivity index (χ3n) is 5.37. The second-order valence-corrected chi connectivity index (χ2v) is 8.25. The van der Waals surface area contributed by atoms with Crippen LogP contribution in [0.2, 0.25) is 0 Å². The van der Waals surface area contributed by atoms with E-state index in [9.17, 15) is 5.11 Å². The summed E-state index contributed by atoms with van der Waals surface area (Å²) >= 11 is 0. The fourth-order valence-corrected chi connectivity index (χ4v) is 3.89. The van der Waals surface area contributed by atoms with Gasteiger partial charge in [-0.2, -0.15) is 0 Å². The molecule has 7 nitrogen and oxygen atoms in total. The molecule has 37 heavy (non-hydrogen) atoms. The van der Waals surface area contributed by atoms with Crippen molar-refractivity contribution in [3.8, 4) is 0 Å². The Morgan fingerprint density at radius 1 is 0.514 bits per heavy atom. The van der Waals surface area contributed by atoms with Crippen molar-refractivity contribution in [1.29, 1.82) is 0 Å². The quantitative estimate of drug-likeness (QED) is 0.232. The number of aromatic nitrogens is 4. The van der Waals surface area contributed by atoms with E-state index in [0.717, 1.165) is 22.8 Å². The Morgan fingerprint density at radius 2 is 0.784 bits per heavy atom. The van der Waals surface area contributed by atoms with Crippen molar-refractivity contribution in [1.82, 2.24) is 29.7 Å². The molecule has 0 radical (unpaired) electrons. The standard InChI is InChI=1S/C27H29N6O.CH4.2Zn/c34-27(21-32(17-23-9-1-5-13-28-23)18-24-10-2-6-14-29-24)22-33(19-25-11-3-7-15-30-25)20-26-12-4-8-16-31-26;;;/h1-16,27H,17-22H2;1H4;;/q-1;;2*+2/i;;2*1-1. The molecule has 0 aliphatic carbocycles. The van der Waals surface area contributed by atoms with E-state index in [2.05, 4.69) is 29.7 Å². The summed E-state index contributed by atoms with van der Waals surface area (Å²) in [7, 11) is 0. The Hall–Kier alpha value is -2.27. The summed E-state index contributed by atoms with van der Waals surface area (Å²) in [4.78, 5) is 22.1. The van der Waals surface area contributed by atoms with Crippen molar-refractivity contribution >= 4 is 0 Å². The van der Waals surface area contributed by atoms with Crippen LogP contribution in [0, 0.1) is 0 Å². The summed E-state index contributed by atoms with van der Waals surface area (Å²) in [5.41, 5.74) is 3.74. The molecule has 4 aromatic heterocycles. The van der Waals surface area contributed by atoms with Gasteiger partial charge >= 0.3 is 39.0 Å². The van der Waals surface area contributed by atoms with Gasteiger partial charge in [0.05, 0.1) is 22.8 Å². The van der Waals surface area contributed by atoms with E-state index < -0.39 is 6.10 Å². The van der Waals surface area contributed by atoms with Crippen molar-refractivity contribution < 1.29 is 44.1 Å². The Kier molecular flexibility index (Phi) is 16.0. The zero-order valence-electron chi connectivity index (χ0n) is 20.6. The number of pyridine rings is 4. The number of rotatable bonds is 12. The summed E-state index contributed by atoms with van der Waals surface area (Å²) in [5, 5.41) is 13.3. The van der Waals surface area contributed by atoms with Gasteiger partial charge in [-0.05, 0) is 61.6 Å². The van der Waals surface area contributed by atoms with Crippen molar-refractivity contribution in [3.05, 3.63) is 120 Å². The molecule has 182 valence electrons. The van der Waals surface area contributed by atoms with Gasteiger partial charge < -0.3 is 5.11 Å². The van der Waals surface area contributed by atoms with Gasteiger partial charge in [-0.25, -0.2) is 0 Å². The second kappa shape index (κ2) is 18.1. The molecule has 0 unspecified atom stereocenters. The summed E-state index contributed by atoms with van der Waals surface area (Å²) < 4.78 is 0. The van der Waals surface area contributed by atoms with Crippen LogP contribution >= 0.6 is 0 Å². The van der Waals surface area contributed by atoms with Crippen molar-refractivity contribution in [2.45, 2.75) is 39.7 Å². The van der Waals surface area contributed by atoms with Gasteiger partial charge in [-0.15, -0.1) is 6.10 Å². The van der Waals surface area contributed by atoms with Crippen molar-refractivity contribution in [2.24, 2.45) is 0 Å². The zero-order valence-corrected chi connectivity index (χ0v) is 26.5. The Bertz CT molecular complexity index is 923. The minimum atomic E-state index is -0.820. The van der Waals surface area contributed by atoms with Crippen LogP contribution in [0.1, 0.15) is 30.2 Å². The van der Waals surface area contributed by atoms with E-state index in [1.807, 2.05) is 72.8 Å². The molecule has 4 aromatic rings. The molecule has 0 aliphatic rings. The van der Waals surface area contributed by atoms with E-state index in [1.54, 1.807) is 24.8 Å². The van der Waals surface area contributed by atoms with Crippen LogP contribution < -0.4 is 5.11 Å². The average Bonchev–Trinajstić information content (AvgIpc) is 2.86. The molecule has 4 rings (SSSR count). The van der Waals surface area contributed by atoms with Gasteiger partial charge in [-0.3, -0.25) is 29.7 Å². The van der Waals surface area contributed by atoms with Crippen molar-refractivity contribution in [2.75, 3.05) is 13.1 Å². The second-order valence-electron chi connectivity index (χ2n) is 8.25. The van der Waals surface area contributed by atoms with E-state index in [-0.39, 0.29) is 46.4 Å². The number of hydrogen-bond acceptors (Lipinski definition) is 7. The summed E-state index contributed by atoms with van der Waals surface area (Å²) in [6.07, 6.45) is 6.31. The van der Waals surface area contributed by atoms with Gasteiger partial charge in [-0.1, -0.05) is 31.7 Å². The van der Waals surface area contributed by atoms with Crippen molar-refractivity contribution in [3.63, 3.8) is 0 Å². The molecular formula is C28H33N6OZn2+3. The largest absolute Gasteiger partial charge is 2.00 e. The third kappa shape index (κ3) is 11.8. The first-order valence-electron chi connectivity index (χ1n) is 11.4. The molecule has 0 fully saturated rings. The predicted molar refractivity (Wildman–Crippen MR) is 136 cm³/mol. The van der Waals surface area contributed by atoms with E-state index in [1.165, 1.54) is 0 Å². The normalized spacial score (nSPS) is 10.5. The predicted octanol–water partition coefficient (Wildman–Crippen LogP) is 3.33. The molecule has 4 heterocycles. The van der Waals surface area contributed by atoms with E-state index >= 15 is 0 Å². The third-order valence-corrected chi connectivity index (χ3v) is 5.37. The fourth-order valence-electron chi connectivity index (χ4n) is 3.89. The van der Waals surface area contributed by atoms with Crippen LogP contribution in [0.4, 0.5) is 0 Å². The Morgan fingerprint density at radius 3 is 1.00 bits per heavy atom. The smallest absolute Gasteiger partial charge is 0.850 e. The molecule has 0 spiro atoms. The first-order chi connectivity index (χ1) is 16.7. The zero-order chi connectivity index (χ0) is 23.4. The van der Waals surface area contributed by atoms with Crippen LogP contribution in [-0.4, -0.2) is 48.9 Å². The van der Waals surface area contributed by atoms with Gasteiger partial charge in [0.25, 0.3) is 0 Å². The monoisotopic (exact) mass is 597 g/mol. The van der Waals surface area contributed by atoms with Gasteiger partial charge in [0.2, 0.25) is 0 Å².